The fraction of sp³-hybridized carbons (Fsp3) is 0. The zero-order valence-corrected chi connectivity index (χ0v) is 8.05. The van der Waals surface area contributed by atoms with E-state index in [1.807, 2.05) is 36.4 Å². The van der Waals surface area contributed by atoms with Crippen LogP contribution >= 0.6 is 0 Å². The molecule has 3 aromatic rings. The Hall–Kier alpha value is -1.96. The van der Waals surface area contributed by atoms with Gasteiger partial charge in [0, 0.05) is 10.8 Å². The molecular formula is C13H10FN. The first-order chi connectivity index (χ1) is 6.93. The Kier molecular flexibility index (Phi) is 2.34. The fourth-order valence-corrected chi connectivity index (χ4v) is 1.72. The van der Waals surface area contributed by atoms with Gasteiger partial charge in [-0.05, 0) is 18.2 Å². The molecule has 0 fully saturated rings. The van der Waals surface area contributed by atoms with Crippen molar-refractivity contribution in [3.8, 4) is 0 Å². The van der Waals surface area contributed by atoms with Gasteiger partial charge in [0.15, 0.2) is 0 Å². The molecule has 0 amide bonds. The average Bonchev–Trinajstić information content (AvgIpc) is 2.26. The SMILES string of the molecule is F.c1ccc2nc3ccccc3cc2c1. The molecule has 0 aliphatic heterocycles. The lowest BCUT2D eigenvalue weighted by Crippen LogP contribution is -1.80. The highest BCUT2D eigenvalue weighted by Gasteiger charge is 1.96. The van der Waals surface area contributed by atoms with Gasteiger partial charge >= 0.3 is 0 Å². The van der Waals surface area contributed by atoms with E-state index < -0.39 is 0 Å². The van der Waals surface area contributed by atoms with Gasteiger partial charge in [-0.15, -0.1) is 0 Å². The summed E-state index contributed by atoms with van der Waals surface area (Å²) in [6, 6.07) is 18.6. The van der Waals surface area contributed by atoms with Crippen molar-refractivity contribution < 1.29 is 4.70 Å². The van der Waals surface area contributed by atoms with E-state index >= 15 is 0 Å². The molecule has 0 radical (unpaired) electrons. The lowest BCUT2D eigenvalue weighted by molar-refractivity contribution is 1.11. The molecule has 1 heterocycles. The summed E-state index contributed by atoms with van der Waals surface area (Å²) in [7, 11) is 0. The Balaban J connectivity index is 0.000000853. The van der Waals surface area contributed by atoms with E-state index in [1.54, 1.807) is 0 Å². The Labute approximate surface area is 86.7 Å². The van der Waals surface area contributed by atoms with E-state index in [1.165, 1.54) is 10.8 Å². The number of halogens is 1. The third-order valence-electron chi connectivity index (χ3n) is 2.43. The first-order valence-electron chi connectivity index (χ1n) is 4.68. The van der Waals surface area contributed by atoms with Crippen molar-refractivity contribution in [2.24, 2.45) is 0 Å². The summed E-state index contributed by atoms with van der Waals surface area (Å²) >= 11 is 0. The molecular weight excluding hydrogens is 189 g/mol. The minimum absolute atomic E-state index is 0. The van der Waals surface area contributed by atoms with Crippen LogP contribution in [0.25, 0.3) is 21.8 Å². The number of rotatable bonds is 0. The van der Waals surface area contributed by atoms with Gasteiger partial charge in [-0.2, -0.15) is 0 Å². The van der Waals surface area contributed by atoms with Gasteiger partial charge in [-0.25, -0.2) is 4.98 Å². The molecule has 0 aliphatic rings. The quantitative estimate of drug-likeness (QED) is 0.504. The number of aromatic nitrogens is 1. The Morgan fingerprint density at radius 1 is 0.667 bits per heavy atom. The standard InChI is InChI=1S/C13H9N.FH/c1-3-7-12-10(5-1)9-11-6-2-4-8-13(11)14-12;/h1-9H;1H. The summed E-state index contributed by atoms with van der Waals surface area (Å²) in [4.78, 5) is 4.58. The van der Waals surface area contributed by atoms with Crippen LogP contribution in [0.5, 0.6) is 0 Å². The monoisotopic (exact) mass is 199 g/mol. The highest BCUT2D eigenvalue weighted by molar-refractivity contribution is 5.92. The predicted molar refractivity (Wildman–Crippen MR) is 61.8 cm³/mol. The highest BCUT2D eigenvalue weighted by atomic mass is 19.0. The molecule has 0 spiro atoms. The van der Waals surface area contributed by atoms with Gasteiger partial charge in [0.25, 0.3) is 0 Å². The van der Waals surface area contributed by atoms with Crippen molar-refractivity contribution >= 4 is 21.8 Å². The zero-order valence-electron chi connectivity index (χ0n) is 8.05. The molecule has 1 aromatic heterocycles. The molecule has 2 aromatic carbocycles. The maximum absolute atomic E-state index is 4.58. The molecule has 0 saturated carbocycles. The summed E-state index contributed by atoms with van der Waals surface area (Å²) in [6.45, 7) is 0. The van der Waals surface area contributed by atoms with E-state index in [4.69, 9.17) is 0 Å². The van der Waals surface area contributed by atoms with E-state index in [0.29, 0.717) is 0 Å². The summed E-state index contributed by atoms with van der Waals surface area (Å²) in [5, 5.41) is 2.40. The Morgan fingerprint density at radius 3 is 1.67 bits per heavy atom. The molecule has 0 unspecified atom stereocenters. The van der Waals surface area contributed by atoms with Crippen LogP contribution in [0.2, 0.25) is 0 Å². The number of fused-ring (bicyclic) bond motifs is 2. The summed E-state index contributed by atoms with van der Waals surface area (Å²) in [6.07, 6.45) is 0. The second-order valence-electron chi connectivity index (χ2n) is 3.37. The number of para-hydroxylation sites is 2. The molecule has 0 N–H and O–H groups in total. The number of nitrogens with zero attached hydrogens (tertiary/aromatic N) is 1. The van der Waals surface area contributed by atoms with Crippen molar-refractivity contribution in [1.82, 2.24) is 4.98 Å². The summed E-state index contributed by atoms with van der Waals surface area (Å²) in [5.41, 5.74) is 2.12. The predicted octanol–water partition coefficient (Wildman–Crippen LogP) is 3.54. The lowest BCUT2D eigenvalue weighted by Gasteiger charge is -1.99. The van der Waals surface area contributed by atoms with Crippen molar-refractivity contribution in [3.63, 3.8) is 0 Å². The zero-order chi connectivity index (χ0) is 9.38. The second kappa shape index (κ2) is 3.65. The lowest BCUT2D eigenvalue weighted by atomic mass is 10.1. The molecule has 74 valence electrons. The topological polar surface area (TPSA) is 12.9 Å². The van der Waals surface area contributed by atoms with Crippen LogP contribution in [0.4, 0.5) is 4.70 Å². The van der Waals surface area contributed by atoms with Crippen LogP contribution in [-0.2, 0) is 0 Å². The van der Waals surface area contributed by atoms with Crippen molar-refractivity contribution in [1.29, 1.82) is 0 Å². The summed E-state index contributed by atoms with van der Waals surface area (Å²) in [5.74, 6) is 0. The van der Waals surface area contributed by atoms with Crippen molar-refractivity contribution in [3.05, 3.63) is 54.6 Å². The normalized spacial score (nSPS) is 10.1. The van der Waals surface area contributed by atoms with Crippen LogP contribution in [0.15, 0.2) is 54.6 Å². The Bertz CT molecular complexity index is 499. The van der Waals surface area contributed by atoms with Crippen LogP contribution in [-0.4, -0.2) is 4.98 Å². The molecule has 0 atom stereocenters. The highest BCUT2D eigenvalue weighted by Crippen LogP contribution is 2.18. The van der Waals surface area contributed by atoms with Gasteiger partial charge in [0.05, 0.1) is 11.0 Å². The second-order valence-corrected chi connectivity index (χ2v) is 3.37. The minimum Gasteiger partial charge on any atom is -0.269 e. The third kappa shape index (κ3) is 1.54. The molecule has 15 heavy (non-hydrogen) atoms. The van der Waals surface area contributed by atoms with Gasteiger partial charge in [0.2, 0.25) is 0 Å². The molecule has 0 bridgehead atoms. The van der Waals surface area contributed by atoms with Gasteiger partial charge in [-0.3, -0.25) is 4.70 Å². The first kappa shape index (κ1) is 9.59. The number of hydrogen-bond donors (Lipinski definition) is 0. The van der Waals surface area contributed by atoms with E-state index in [-0.39, 0.29) is 4.70 Å². The van der Waals surface area contributed by atoms with E-state index in [0.717, 1.165) is 11.0 Å². The van der Waals surface area contributed by atoms with Crippen LogP contribution in [0, 0.1) is 0 Å². The maximum Gasteiger partial charge on any atom is 0.0709 e. The Morgan fingerprint density at radius 2 is 1.13 bits per heavy atom. The van der Waals surface area contributed by atoms with Crippen molar-refractivity contribution in [2.45, 2.75) is 0 Å². The van der Waals surface area contributed by atoms with Gasteiger partial charge in [0.1, 0.15) is 0 Å². The number of benzene rings is 2. The number of hydrogen-bond acceptors (Lipinski definition) is 1. The molecule has 2 heteroatoms. The molecule has 3 rings (SSSR count). The minimum atomic E-state index is 0. The van der Waals surface area contributed by atoms with Crippen LogP contribution in [0.1, 0.15) is 0 Å². The smallest absolute Gasteiger partial charge is 0.0709 e. The average molecular weight is 199 g/mol. The first-order valence-corrected chi connectivity index (χ1v) is 4.68. The van der Waals surface area contributed by atoms with Gasteiger partial charge in [-0.1, -0.05) is 36.4 Å². The number of pyridine rings is 1. The largest absolute Gasteiger partial charge is 0.269 e. The van der Waals surface area contributed by atoms with Crippen LogP contribution < -0.4 is 0 Å². The third-order valence-corrected chi connectivity index (χ3v) is 2.43. The fourth-order valence-electron chi connectivity index (χ4n) is 1.72. The van der Waals surface area contributed by atoms with Gasteiger partial charge < -0.3 is 0 Å². The molecule has 1 nitrogen and oxygen atoms in total. The maximum atomic E-state index is 4.58. The van der Waals surface area contributed by atoms with E-state index in [9.17, 15) is 0 Å². The molecule has 0 saturated heterocycles. The van der Waals surface area contributed by atoms with E-state index in [2.05, 4.69) is 23.2 Å². The molecule has 0 aliphatic carbocycles. The van der Waals surface area contributed by atoms with Crippen molar-refractivity contribution in [2.75, 3.05) is 0 Å². The van der Waals surface area contributed by atoms with Crippen LogP contribution in [0.3, 0.4) is 0 Å². The summed E-state index contributed by atoms with van der Waals surface area (Å²) < 4.78 is 0.